The van der Waals surface area contributed by atoms with Crippen molar-refractivity contribution in [2.75, 3.05) is 11.9 Å². The first-order chi connectivity index (χ1) is 17.2. The van der Waals surface area contributed by atoms with Crippen LogP contribution in [0.15, 0.2) is 41.5 Å². The number of anilines is 1. The molecule has 8 unspecified atom stereocenters. The number of hydrogen-bond donors (Lipinski definition) is 5. The van der Waals surface area contributed by atoms with Gasteiger partial charge < -0.3 is 29.9 Å². The molecule has 1 aromatic carbocycles. The molecule has 0 spiro atoms. The topological polar surface area (TPSA) is 146 Å². The van der Waals surface area contributed by atoms with Gasteiger partial charge in [0.2, 0.25) is 0 Å². The summed E-state index contributed by atoms with van der Waals surface area (Å²) in [6.45, 7) is 8.53. The van der Waals surface area contributed by atoms with Crippen molar-refractivity contribution in [1.29, 1.82) is 0 Å². The number of hydrogen-bond acceptors (Lipinski definition) is 8. The van der Waals surface area contributed by atoms with Gasteiger partial charge in [0, 0.05) is 73.9 Å². The van der Waals surface area contributed by atoms with Gasteiger partial charge in [-0.2, -0.15) is 0 Å². The van der Waals surface area contributed by atoms with Crippen molar-refractivity contribution < 1.29 is 83.6 Å². The number of carbonyl (C=O) groups excluding carboxylic acids is 2. The third-order valence-corrected chi connectivity index (χ3v) is 10.1. The van der Waals surface area contributed by atoms with E-state index in [4.69, 9.17) is 9.47 Å². The fourth-order valence-electron chi connectivity index (χ4n) is 7.85. The molecule has 3 aliphatic carbocycles. The van der Waals surface area contributed by atoms with Crippen LogP contribution in [0.1, 0.15) is 47.5 Å². The molecule has 2 bridgehead atoms. The Hall–Kier alpha value is -0.858. The van der Waals surface area contributed by atoms with E-state index in [9.17, 15) is 30.0 Å². The molecule has 5 rings (SSSR count). The van der Waals surface area contributed by atoms with Crippen LogP contribution in [-0.4, -0.2) is 74.5 Å². The van der Waals surface area contributed by atoms with E-state index < -0.39 is 70.2 Å². The maximum atomic E-state index is 14.5. The van der Waals surface area contributed by atoms with Crippen LogP contribution in [0.3, 0.4) is 0 Å². The number of fused-ring (bicyclic) bond motifs is 5. The van der Waals surface area contributed by atoms with Crippen molar-refractivity contribution in [3.63, 3.8) is 0 Å². The molecule has 5 N–H and O–H groups in total. The molecule has 9 nitrogen and oxygen atoms in total. The quantitative estimate of drug-likeness (QED) is 0.290. The first kappa shape index (κ1) is 30.1. The number of amides is 1. The molecule has 38 heavy (non-hydrogen) atoms. The Morgan fingerprint density at radius 2 is 1.76 bits per heavy atom. The Kier molecular flexibility index (Phi) is 7.84. The summed E-state index contributed by atoms with van der Waals surface area (Å²) in [5.41, 5.74) is -4.52. The van der Waals surface area contributed by atoms with Crippen LogP contribution in [0, 0.1) is 66.7 Å². The van der Waals surface area contributed by atoms with Gasteiger partial charge in [-0.3, -0.25) is 10.1 Å². The summed E-state index contributed by atoms with van der Waals surface area (Å²) in [5.74, 6) is -2.22. The van der Waals surface area contributed by atoms with E-state index in [0.717, 1.165) is 0 Å². The minimum absolute atomic E-state index is 0. The largest absolute Gasteiger partial charge is 0.433 e. The molecule has 2 saturated carbocycles. The van der Waals surface area contributed by atoms with Gasteiger partial charge in [0.05, 0.1) is 35.9 Å². The molecular formula is C28H37AcNO8. The Bertz CT molecular complexity index is 1160. The summed E-state index contributed by atoms with van der Waals surface area (Å²) in [5, 5.41) is 49.2. The number of para-hydroxylation sites is 1. The van der Waals surface area contributed by atoms with E-state index >= 15 is 0 Å². The number of aliphatic hydroxyl groups is 4. The molecule has 3 fully saturated rings. The number of Topliss-reactive ketones (excluding diaryl/α,β-unsaturated/α-hetero) is 1. The van der Waals surface area contributed by atoms with Crippen molar-refractivity contribution in [2.45, 2.75) is 83.1 Å². The molecule has 0 aromatic heterocycles. The number of ketones is 1. The van der Waals surface area contributed by atoms with E-state index in [1.165, 1.54) is 0 Å². The fourth-order valence-corrected chi connectivity index (χ4v) is 7.85. The van der Waals surface area contributed by atoms with Crippen LogP contribution in [0.4, 0.5) is 10.5 Å². The maximum absolute atomic E-state index is 14.5. The Morgan fingerprint density at radius 3 is 2.34 bits per heavy atom. The smallest absolute Gasteiger partial charge is 0.412 e. The van der Waals surface area contributed by atoms with Gasteiger partial charge in [0.1, 0.15) is 5.60 Å². The van der Waals surface area contributed by atoms with E-state index in [0.29, 0.717) is 16.8 Å². The molecule has 1 heterocycles. The van der Waals surface area contributed by atoms with Gasteiger partial charge in [-0.05, 0) is 43.0 Å². The standard InChI is InChI=1S/C28H37NO8.Ac/c1-14-17(30)12-28(35)15(2)22-26(5,18(31)11-19-27(22,34)13-36-19)23(32)21(20(14)25(28,3)4)37-24(33)29-16-9-7-6-8-10-16;/h6-10,15,17-19,21-22,30-31,34-35H,11-13H2,1-5H3,(H,29,33);/t15?,17?,18?,19?,21?,22?,26-,27?,28?;/m1./s1. The Labute approximate surface area is 258 Å². The summed E-state index contributed by atoms with van der Waals surface area (Å²) in [6.07, 6.45) is -5.37. The summed E-state index contributed by atoms with van der Waals surface area (Å²) in [4.78, 5) is 27.6. The van der Waals surface area contributed by atoms with Crippen molar-refractivity contribution in [1.82, 2.24) is 0 Å². The number of rotatable bonds is 2. The first-order valence-electron chi connectivity index (χ1n) is 12.9. The fraction of sp³-hybridized carbons (Fsp3) is 0.643. The van der Waals surface area contributed by atoms with Gasteiger partial charge >= 0.3 is 6.09 Å². The molecule has 1 saturated heterocycles. The Morgan fingerprint density at radius 1 is 1.13 bits per heavy atom. The van der Waals surface area contributed by atoms with Gasteiger partial charge in [-0.15, -0.1) is 0 Å². The van der Waals surface area contributed by atoms with E-state index in [2.05, 4.69) is 5.32 Å². The first-order valence-corrected chi connectivity index (χ1v) is 12.9. The zero-order valence-corrected chi connectivity index (χ0v) is 27.2. The third-order valence-electron chi connectivity index (χ3n) is 10.1. The average Bonchev–Trinajstić information content (AvgIpc) is 2.83. The summed E-state index contributed by atoms with van der Waals surface area (Å²) in [6, 6.07) is 8.63. The number of carbonyl (C=O) groups is 2. The second-order valence-electron chi connectivity index (χ2n) is 12.1. The second kappa shape index (κ2) is 9.90. The van der Waals surface area contributed by atoms with Gasteiger partial charge in [0.15, 0.2) is 11.9 Å². The summed E-state index contributed by atoms with van der Waals surface area (Å²) >= 11 is 0. The van der Waals surface area contributed by atoms with Crippen LogP contribution < -0.4 is 5.32 Å². The van der Waals surface area contributed by atoms with Crippen LogP contribution in [0.25, 0.3) is 0 Å². The average molecular weight is 743 g/mol. The van der Waals surface area contributed by atoms with Crippen LogP contribution in [-0.2, 0) is 14.3 Å². The number of nitrogens with one attached hydrogen (secondary N) is 1. The molecule has 10 heteroatoms. The van der Waals surface area contributed by atoms with Crippen molar-refractivity contribution in [3.8, 4) is 0 Å². The Balaban J connectivity index is 0.00000336. The zero-order chi connectivity index (χ0) is 27.1. The number of aliphatic hydroxyl groups excluding tert-OH is 2. The SMILES string of the molecule is CC1=C2C(OC(=O)Nc3ccccc3)C(=O)[C@]3(C)C(O)CC4OCC4(O)C3C(C)C(O)(CC1O)C2(C)C.[Ac]. The van der Waals surface area contributed by atoms with Crippen molar-refractivity contribution in [2.24, 2.45) is 22.7 Å². The summed E-state index contributed by atoms with van der Waals surface area (Å²) < 4.78 is 11.4. The summed E-state index contributed by atoms with van der Waals surface area (Å²) in [7, 11) is 0. The maximum Gasteiger partial charge on any atom is 0.412 e. The van der Waals surface area contributed by atoms with Crippen molar-refractivity contribution >= 4 is 17.6 Å². The van der Waals surface area contributed by atoms with Crippen molar-refractivity contribution in [3.05, 3.63) is 41.5 Å². The van der Waals surface area contributed by atoms with Gasteiger partial charge in [-0.25, -0.2) is 4.79 Å². The zero-order valence-electron chi connectivity index (χ0n) is 22.5. The second-order valence-corrected chi connectivity index (χ2v) is 12.1. The van der Waals surface area contributed by atoms with Gasteiger partial charge in [0.25, 0.3) is 0 Å². The number of benzene rings is 1. The van der Waals surface area contributed by atoms with E-state index in [-0.39, 0.29) is 63.5 Å². The molecule has 1 amide bonds. The molecule has 1 aromatic rings. The molecule has 205 valence electrons. The number of ether oxygens (including phenoxy) is 2. The van der Waals surface area contributed by atoms with Crippen LogP contribution >= 0.6 is 0 Å². The van der Waals surface area contributed by atoms with E-state index in [1.54, 1.807) is 65.0 Å². The third kappa shape index (κ3) is 4.00. The minimum atomic E-state index is -1.60. The van der Waals surface area contributed by atoms with Crippen LogP contribution in [0.5, 0.6) is 0 Å². The molecule has 9 atom stereocenters. The molecular weight excluding hydrogens is 705 g/mol. The normalized spacial score (nSPS) is 43.3. The minimum Gasteiger partial charge on any atom is -0.433 e. The predicted octanol–water partition coefficient (Wildman–Crippen LogP) is 2.18. The molecule has 1 aliphatic heterocycles. The molecule has 4 aliphatic rings. The van der Waals surface area contributed by atoms with E-state index in [1.807, 2.05) is 0 Å². The predicted molar refractivity (Wildman–Crippen MR) is 133 cm³/mol. The van der Waals surface area contributed by atoms with Gasteiger partial charge in [-0.1, -0.05) is 39.0 Å². The molecule has 1 radical (unpaired) electrons. The van der Waals surface area contributed by atoms with Crippen LogP contribution in [0.2, 0.25) is 0 Å². The monoisotopic (exact) mass is 742 g/mol.